The van der Waals surface area contributed by atoms with E-state index >= 15 is 0 Å². The fourth-order valence-corrected chi connectivity index (χ4v) is 3.44. The largest absolute Gasteiger partial charge is 0.395 e. The SMILES string of the molecule is O=c1c2ccccc2n(CCCN(CCO)CCO)c2c(F)cccc12. The third-order valence-electron chi connectivity index (χ3n) is 4.63. The van der Waals surface area contributed by atoms with E-state index in [9.17, 15) is 9.18 Å². The number of rotatable bonds is 8. The van der Waals surface area contributed by atoms with E-state index in [2.05, 4.69) is 0 Å². The highest BCUT2D eigenvalue weighted by molar-refractivity contribution is 5.93. The molecule has 0 aliphatic rings. The van der Waals surface area contributed by atoms with Crippen LogP contribution < -0.4 is 5.43 Å². The van der Waals surface area contributed by atoms with Gasteiger partial charge in [-0.15, -0.1) is 0 Å². The molecule has 2 N–H and O–H groups in total. The summed E-state index contributed by atoms with van der Waals surface area (Å²) in [5.74, 6) is -0.409. The summed E-state index contributed by atoms with van der Waals surface area (Å²) in [6.45, 7) is 2.22. The van der Waals surface area contributed by atoms with Gasteiger partial charge in [-0.25, -0.2) is 4.39 Å². The maximum atomic E-state index is 14.5. The summed E-state index contributed by atoms with van der Waals surface area (Å²) < 4.78 is 16.4. The first-order valence-corrected chi connectivity index (χ1v) is 8.81. The van der Waals surface area contributed by atoms with Gasteiger partial charge in [0.25, 0.3) is 0 Å². The van der Waals surface area contributed by atoms with Crippen LogP contribution in [0.1, 0.15) is 6.42 Å². The lowest BCUT2D eigenvalue weighted by Gasteiger charge is -2.21. The Kier molecular flexibility index (Phi) is 5.98. The zero-order valence-corrected chi connectivity index (χ0v) is 14.6. The molecule has 1 heterocycles. The number of nitrogens with zero attached hydrogens (tertiary/aromatic N) is 2. The van der Waals surface area contributed by atoms with Crippen molar-refractivity contribution in [1.29, 1.82) is 0 Å². The fourth-order valence-electron chi connectivity index (χ4n) is 3.44. The van der Waals surface area contributed by atoms with Gasteiger partial charge in [0.05, 0.1) is 24.2 Å². The molecule has 0 aliphatic heterocycles. The second kappa shape index (κ2) is 8.40. The van der Waals surface area contributed by atoms with Crippen molar-refractivity contribution < 1.29 is 14.6 Å². The lowest BCUT2D eigenvalue weighted by molar-refractivity contribution is 0.158. The van der Waals surface area contributed by atoms with Gasteiger partial charge < -0.3 is 14.8 Å². The number of pyridine rings is 1. The molecule has 0 bridgehead atoms. The van der Waals surface area contributed by atoms with Crippen molar-refractivity contribution in [2.75, 3.05) is 32.8 Å². The molecule has 0 spiro atoms. The molecule has 0 saturated heterocycles. The Bertz CT molecular complexity index is 949. The van der Waals surface area contributed by atoms with Crippen molar-refractivity contribution in [3.05, 3.63) is 58.5 Å². The molecule has 0 fully saturated rings. The van der Waals surface area contributed by atoms with Crippen LogP contribution in [-0.2, 0) is 6.54 Å². The molecular weight excluding hydrogens is 335 g/mol. The van der Waals surface area contributed by atoms with E-state index in [0.717, 1.165) is 0 Å². The van der Waals surface area contributed by atoms with Crippen LogP contribution in [0.4, 0.5) is 4.39 Å². The monoisotopic (exact) mass is 358 g/mol. The maximum Gasteiger partial charge on any atom is 0.197 e. The highest BCUT2D eigenvalue weighted by Crippen LogP contribution is 2.22. The molecule has 0 aliphatic carbocycles. The van der Waals surface area contributed by atoms with Gasteiger partial charge in [0, 0.05) is 37.0 Å². The average Bonchev–Trinajstić information content (AvgIpc) is 2.65. The topological polar surface area (TPSA) is 65.7 Å². The number of hydrogen-bond donors (Lipinski definition) is 2. The van der Waals surface area contributed by atoms with Crippen molar-refractivity contribution in [2.24, 2.45) is 0 Å². The zero-order chi connectivity index (χ0) is 18.5. The summed E-state index contributed by atoms with van der Waals surface area (Å²) in [4.78, 5) is 14.7. The second-order valence-corrected chi connectivity index (χ2v) is 6.28. The Morgan fingerprint density at radius 2 is 1.62 bits per heavy atom. The number of aromatic nitrogens is 1. The third-order valence-corrected chi connectivity index (χ3v) is 4.63. The van der Waals surface area contributed by atoms with Crippen LogP contribution in [0, 0.1) is 5.82 Å². The fraction of sp³-hybridized carbons (Fsp3) is 0.350. The number of fused-ring (bicyclic) bond motifs is 2. The highest BCUT2D eigenvalue weighted by Gasteiger charge is 2.14. The number of halogens is 1. The smallest absolute Gasteiger partial charge is 0.197 e. The Hall–Kier alpha value is -2.28. The van der Waals surface area contributed by atoms with Gasteiger partial charge in [0.1, 0.15) is 5.82 Å². The normalized spacial score (nSPS) is 11.7. The molecule has 138 valence electrons. The molecule has 0 unspecified atom stereocenters. The van der Waals surface area contributed by atoms with Crippen molar-refractivity contribution in [3.8, 4) is 0 Å². The van der Waals surface area contributed by atoms with Crippen LogP contribution >= 0.6 is 0 Å². The Morgan fingerprint density at radius 3 is 2.35 bits per heavy atom. The molecule has 0 amide bonds. The standard InChI is InChI=1S/C20H23FN2O3/c21-17-7-3-6-16-19(17)23(10-4-9-22(11-13-24)12-14-25)18-8-2-1-5-15(18)20(16)26/h1-3,5-8,24-25H,4,9-14H2. The minimum atomic E-state index is -0.409. The third kappa shape index (κ3) is 3.62. The number of aryl methyl sites for hydroxylation is 1. The van der Waals surface area contributed by atoms with Crippen molar-refractivity contribution in [1.82, 2.24) is 9.47 Å². The van der Waals surface area contributed by atoms with Crippen molar-refractivity contribution in [3.63, 3.8) is 0 Å². The highest BCUT2D eigenvalue weighted by atomic mass is 19.1. The Labute approximate surface area is 150 Å². The summed E-state index contributed by atoms with van der Waals surface area (Å²) in [5, 5.41) is 19.2. The molecule has 3 aromatic rings. The summed E-state index contributed by atoms with van der Waals surface area (Å²) in [6.07, 6.45) is 0.705. The van der Waals surface area contributed by atoms with E-state index in [-0.39, 0.29) is 18.6 Å². The molecular formula is C20H23FN2O3. The van der Waals surface area contributed by atoms with E-state index < -0.39 is 5.82 Å². The molecule has 6 heteroatoms. The lowest BCUT2D eigenvalue weighted by Crippen LogP contribution is -2.31. The van der Waals surface area contributed by atoms with Gasteiger partial charge in [-0.3, -0.25) is 9.69 Å². The molecule has 3 rings (SSSR count). The van der Waals surface area contributed by atoms with Gasteiger partial charge in [-0.2, -0.15) is 0 Å². The number of benzene rings is 2. The summed E-state index contributed by atoms with van der Waals surface area (Å²) in [5.41, 5.74) is 0.881. The van der Waals surface area contributed by atoms with Gasteiger partial charge >= 0.3 is 0 Å². The molecule has 1 aromatic heterocycles. The predicted molar refractivity (Wildman–Crippen MR) is 101 cm³/mol. The van der Waals surface area contributed by atoms with Gasteiger partial charge in [-0.05, 0) is 30.7 Å². The second-order valence-electron chi connectivity index (χ2n) is 6.28. The maximum absolute atomic E-state index is 14.5. The molecule has 2 aromatic carbocycles. The van der Waals surface area contributed by atoms with Crippen LogP contribution in [0.2, 0.25) is 0 Å². The summed E-state index contributed by atoms with van der Waals surface area (Å²) in [7, 11) is 0. The van der Waals surface area contributed by atoms with Crippen molar-refractivity contribution in [2.45, 2.75) is 13.0 Å². The zero-order valence-electron chi connectivity index (χ0n) is 14.6. The number of aliphatic hydroxyl groups is 2. The van der Waals surface area contributed by atoms with E-state index in [0.29, 0.717) is 54.4 Å². The minimum Gasteiger partial charge on any atom is -0.395 e. The molecule has 0 radical (unpaired) electrons. The average molecular weight is 358 g/mol. The molecule has 0 atom stereocenters. The quantitative estimate of drug-likeness (QED) is 0.604. The van der Waals surface area contributed by atoms with E-state index in [1.807, 2.05) is 27.7 Å². The van der Waals surface area contributed by atoms with Crippen LogP contribution in [-0.4, -0.2) is 52.5 Å². The van der Waals surface area contributed by atoms with Gasteiger partial charge in [0.15, 0.2) is 5.43 Å². The molecule has 26 heavy (non-hydrogen) atoms. The van der Waals surface area contributed by atoms with Gasteiger partial charge in [0.2, 0.25) is 0 Å². The van der Waals surface area contributed by atoms with Crippen LogP contribution in [0.15, 0.2) is 47.3 Å². The van der Waals surface area contributed by atoms with Crippen molar-refractivity contribution >= 4 is 21.8 Å². The van der Waals surface area contributed by atoms with Crippen LogP contribution in [0.25, 0.3) is 21.8 Å². The first kappa shape index (κ1) is 18.5. The predicted octanol–water partition coefficient (Wildman–Crippen LogP) is 1.97. The Balaban J connectivity index is 2.00. The first-order chi connectivity index (χ1) is 12.7. The lowest BCUT2D eigenvalue weighted by atomic mass is 10.1. The molecule has 0 saturated carbocycles. The van der Waals surface area contributed by atoms with Crippen LogP contribution in [0.5, 0.6) is 0 Å². The molecule has 5 nitrogen and oxygen atoms in total. The number of para-hydroxylation sites is 2. The first-order valence-electron chi connectivity index (χ1n) is 8.81. The number of aliphatic hydroxyl groups excluding tert-OH is 2. The van der Waals surface area contributed by atoms with Crippen LogP contribution in [0.3, 0.4) is 0 Å². The van der Waals surface area contributed by atoms with Gasteiger partial charge in [-0.1, -0.05) is 18.2 Å². The summed E-state index contributed by atoms with van der Waals surface area (Å²) >= 11 is 0. The van der Waals surface area contributed by atoms with E-state index in [1.165, 1.54) is 6.07 Å². The Morgan fingerprint density at radius 1 is 0.923 bits per heavy atom. The van der Waals surface area contributed by atoms with E-state index in [1.54, 1.807) is 18.2 Å². The minimum absolute atomic E-state index is 0.0263. The summed E-state index contributed by atoms with van der Waals surface area (Å²) in [6, 6.07) is 11.8. The van der Waals surface area contributed by atoms with E-state index in [4.69, 9.17) is 10.2 Å². The number of hydrogen-bond acceptors (Lipinski definition) is 4.